The van der Waals surface area contributed by atoms with E-state index in [4.69, 9.17) is 10.2 Å². The fourth-order valence-corrected chi connectivity index (χ4v) is 3.79. The molecule has 5 rings (SSSR count). The first kappa shape index (κ1) is 21.0. The molecule has 31 heavy (non-hydrogen) atoms. The van der Waals surface area contributed by atoms with E-state index < -0.39 is 0 Å². The van der Waals surface area contributed by atoms with E-state index in [0.29, 0.717) is 23.3 Å². The zero-order valence-corrected chi connectivity index (χ0v) is 17.8. The molecule has 1 saturated heterocycles. The van der Waals surface area contributed by atoms with Gasteiger partial charge in [0.1, 0.15) is 11.6 Å². The van der Waals surface area contributed by atoms with E-state index >= 15 is 0 Å². The van der Waals surface area contributed by atoms with Gasteiger partial charge in [0, 0.05) is 36.7 Å². The predicted molar refractivity (Wildman–Crippen MR) is 124 cm³/mol. The Bertz CT molecular complexity index is 1100. The second-order valence-electron chi connectivity index (χ2n) is 7.91. The van der Waals surface area contributed by atoms with Crippen LogP contribution in [-0.4, -0.2) is 34.1 Å². The van der Waals surface area contributed by atoms with E-state index in [0.717, 1.165) is 42.3 Å². The third kappa shape index (κ3) is 5.10. The first-order chi connectivity index (χ1) is 14.8. The maximum Gasteiger partial charge on any atom is 0.132 e. The third-order valence-corrected chi connectivity index (χ3v) is 5.51. The molecule has 2 aliphatic rings. The highest BCUT2D eigenvalue weighted by molar-refractivity contribution is 5.85. The van der Waals surface area contributed by atoms with Crippen molar-refractivity contribution in [2.45, 2.75) is 31.2 Å². The molecule has 1 atom stereocenters. The number of halogens is 1. The van der Waals surface area contributed by atoms with Gasteiger partial charge in [0.05, 0.1) is 23.0 Å². The van der Waals surface area contributed by atoms with Gasteiger partial charge in [0.2, 0.25) is 0 Å². The van der Waals surface area contributed by atoms with E-state index in [9.17, 15) is 0 Å². The fraction of sp³-hybridized carbons (Fsp3) is 0.304. The van der Waals surface area contributed by atoms with E-state index in [1.807, 2.05) is 12.4 Å². The standard InChI is InChI=1S/C23H23N7.ClH/c24-11-15-3-6-27-22(7-15)30-23-10-17(16-1-2-16)9-21(29-23)18-8-20(14-26-12-18)28-19-4-5-25-13-19;/h3,6-10,12,14,16,19,25,28H,1-2,4-5,13H2,(H,27,29,30);1H/t19-;/m0./s1. The van der Waals surface area contributed by atoms with Crippen molar-refractivity contribution in [1.82, 2.24) is 20.3 Å². The quantitative estimate of drug-likeness (QED) is 0.535. The van der Waals surface area contributed by atoms with Crippen LogP contribution >= 0.6 is 12.4 Å². The van der Waals surface area contributed by atoms with Crippen molar-refractivity contribution in [1.29, 1.82) is 5.26 Å². The maximum atomic E-state index is 9.14. The molecule has 0 amide bonds. The molecule has 158 valence electrons. The molecule has 3 aromatic heterocycles. The molecule has 1 saturated carbocycles. The van der Waals surface area contributed by atoms with Crippen LogP contribution in [0.25, 0.3) is 11.3 Å². The summed E-state index contributed by atoms with van der Waals surface area (Å²) < 4.78 is 0. The number of rotatable bonds is 6. The monoisotopic (exact) mass is 433 g/mol. The Morgan fingerprint density at radius 3 is 2.74 bits per heavy atom. The topological polar surface area (TPSA) is 98.5 Å². The minimum Gasteiger partial charge on any atom is -0.380 e. The van der Waals surface area contributed by atoms with Crippen LogP contribution in [0.5, 0.6) is 0 Å². The third-order valence-electron chi connectivity index (χ3n) is 5.51. The minimum atomic E-state index is 0. The molecule has 2 fully saturated rings. The number of nitrogens with zero attached hydrogens (tertiary/aromatic N) is 4. The van der Waals surface area contributed by atoms with Gasteiger partial charge in [-0.2, -0.15) is 5.26 Å². The van der Waals surface area contributed by atoms with E-state index in [1.165, 1.54) is 18.4 Å². The smallest absolute Gasteiger partial charge is 0.132 e. The summed E-state index contributed by atoms with van der Waals surface area (Å²) in [6, 6.07) is 12.4. The van der Waals surface area contributed by atoms with Crippen molar-refractivity contribution in [3.05, 3.63) is 60.0 Å². The van der Waals surface area contributed by atoms with Gasteiger partial charge in [-0.3, -0.25) is 4.98 Å². The highest BCUT2D eigenvalue weighted by Gasteiger charge is 2.25. The largest absolute Gasteiger partial charge is 0.380 e. The summed E-state index contributed by atoms with van der Waals surface area (Å²) in [6.07, 6.45) is 8.88. The lowest BCUT2D eigenvalue weighted by Crippen LogP contribution is -2.22. The van der Waals surface area contributed by atoms with Gasteiger partial charge in [0.15, 0.2) is 0 Å². The Balaban J connectivity index is 0.00000231. The molecule has 3 aromatic rings. The van der Waals surface area contributed by atoms with Crippen molar-refractivity contribution in [2.75, 3.05) is 23.7 Å². The van der Waals surface area contributed by atoms with Crippen LogP contribution in [-0.2, 0) is 0 Å². The Morgan fingerprint density at radius 1 is 1.06 bits per heavy atom. The zero-order valence-electron chi connectivity index (χ0n) is 17.0. The van der Waals surface area contributed by atoms with Gasteiger partial charge in [-0.15, -0.1) is 12.4 Å². The first-order valence-corrected chi connectivity index (χ1v) is 10.3. The predicted octanol–water partition coefficient (Wildman–Crippen LogP) is 4.23. The molecule has 0 unspecified atom stereocenters. The summed E-state index contributed by atoms with van der Waals surface area (Å²) in [7, 11) is 0. The van der Waals surface area contributed by atoms with E-state index in [2.05, 4.69) is 50.2 Å². The SMILES string of the molecule is Cl.N#Cc1ccnc(Nc2cc(C3CC3)cc(-c3cncc(N[C@H]4CCNC4)c3)n2)c1. The van der Waals surface area contributed by atoms with Gasteiger partial charge in [0.25, 0.3) is 0 Å². The molecule has 0 aromatic carbocycles. The van der Waals surface area contributed by atoms with Crippen LogP contribution in [0, 0.1) is 11.3 Å². The normalized spacial score (nSPS) is 17.5. The van der Waals surface area contributed by atoms with Gasteiger partial charge in [-0.1, -0.05) is 0 Å². The molecule has 3 N–H and O–H groups in total. The van der Waals surface area contributed by atoms with Crippen LogP contribution in [0.4, 0.5) is 17.3 Å². The molecule has 1 aliphatic heterocycles. The Labute approximate surface area is 187 Å². The van der Waals surface area contributed by atoms with Crippen molar-refractivity contribution in [3.8, 4) is 17.3 Å². The molecule has 4 heterocycles. The van der Waals surface area contributed by atoms with Crippen LogP contribution < -0.4 is 16.0 Å². The second-order valence-corrected chi connectivity index (χ2v) is 7.91. The summed E-state index contributed by atoms with van der Waals surface area (Å²) in [5.74, 6) is 1.93. The lowest BCUT2D eigenvalue weighted by Gasteiger charge is -2.14. The first-order valence-electron chi connectivity index (χ1n) is 10.3. The molecular formula is C23H24ClN7. The van der Waals surface area contributed by atoms with Crippen LogP contribution in [0.15, 0.2) is 48.9 Å². The Hall–Kier alpha value is -3.21. The number of nitrogens with one attached hydrogen (secondary N) is 3. The van der Waals surface area contributed by atoms with E-state index in [-0.39, 0.29) is 12.4 Å². The molecule has 0 bridgehead atoms. The summed E-state index contributed by atoms with van der Waals surface area (Å²) in [5.41, 5.74) is 4.72. The Kier molecular flexibility index (Phi) is 6.31. The highest BCUT2D eigenvalue weighted by atomic mass is 35.5. The molecule has 0 radical (unpaired) electrons. The van der Waals surface area contributed by atoms with Gasteiger partial charge in [-0.25, -0.2) is 9.97 Å². The van der Waals surface area contributed by atoms with Crippen molar-refractivity contribution in [3.63, 3.8) is 0 Å². The van der Waals surface area contributed by atoms with Gasteiger partial charge < -0.3 is 16.0 Å². The van der Waals surface area contributed by atoms with Crippen molar-refractivity contribution < 1.29 is 0 Å². The lowest BCUT2D eigenvalue weighted by molar-refractivity contribution is 0.792. The summed E-state index contributed by atoms with van der Waals surface area (Å²) in [6.45, 7) is 2.02. The van der Waals surface area contributed by atoms with Crippen LogP contribution in [0.3, 0.4) is 0 Å². The van der Waals surface area contributed by atoms with Gasteiger partial charge >= 0.3 is 0 Å². The maximum absolute atomic E-state index is 9.14. The molecular weight excluding hydrogens is 410 g/mol. The number of aromatic nitrogens is 3. The summed E-state index contributed by atoms with van der Waals surface area (Å²) in [5, 5.41) is 19.3. The number of nitriles is 1. The number of hydrogen-bond donors (Lipinski definition) is 3. The second kappa shape index (κ2) is 9.29. The molecule has 0 spiro atoms. The Morgan fingerprint density at radius 2 is 1.97 bits per heavy atom. The van der Waals surface area contributed by atoms with Crippen LogP contribution in [0.1, 0.15) is 36.3 Å². The van der Waals surface area contributed by atoms with E-state index in [1.54, 1.807) is 18.3 Å². The van der Waals surface area contributed by atoms with Crippen molar-refractivity contribution >= 4 is 29.7 Å². The number of hydrogen-bond acceptors (Lipinski definition) is 7. The average molecular weight is 434 g/mol. The van der Waals surface area contributed by atoms with Crippen molar-refractivity contribution in [2.24, 2.45) is 0 Å². The zero-order chi connectivity index (χ0) is 20.3. The molecule has 8 heteroatoms. The number of anilines is 3. The highest BCUT2D eigenvalue weighted by Crippen LogP contribution is 2.42. The average Bonchev–Trinajstić information content (AvgIpc) is 3.51. The number of pyridine rings is 3. The van der Waals surface area contributed by atoms with Gasteiger partial charge in [-0.05, 0) is 67.6 Å². The van der Waals surface area contributed by atoms with Crippen LogP contribution in [0.2, 0.25) is 0 Å². The summed E-state index contributed by atoms with van der Waals surface area (Å²) in [4.78, 5) is 13.6. The fourth-order valence-electron chi connectivity index (χ4n) is 3.79. The molecule has 1 aliphatic carbocycles. The molecule has 7 nitrogen and oxygen atoms in total. The minimum absolute atomic E-state index is 0. The summed E-state index contributed by atoms with van der Waals surface area (Å²) >= 11 is 0. The lowest BCUT2D eigenvalue weighted by atomic mass is 10.1.